The molecule has 106 valence electrons. The Balaban J connectivity index is 2.50. The minimum Gasteiger partial charge on any atom is -0.496 e. The van der Waals surface area contributed by atoms with Crippen LogP contribution in [0.15, 0.2) is 30.3 Å². The van der Waals surface area contributed by atoms with E-state index in [2.05, 4.69) is 22.6 Å². The van der Waals surface area contributed by atoms with Gasteiger partial charge in [-0.15, -0.1) is 0 Å². The van der Waals surface area contributed by atoms with E-state index in [1.807, 2.05) is 38.1 Å². The molecule has 2 nitrogen and oxygen atoms in total. The zero-order chi connectivity index (χ0) is 14.9. The molecule has 0 aliphatic rings. The Hall–Kier alpha value is -0.780. The lowest BCUT2D eigenvalue weighted by atomic mass is 9.96. The number of hydrogen-bond donors (Lipinski definition) is 1. The highest BCUT2D eigenvalue weighted by molar-refractivity contribution is 14.1. The highest BCUT2D eigenvalue weighted by Crippen LogP contribution is 2.35. The number of aliphatic hydroxyl groups excluding tert-OH is 1. The van der Waals surface area contributed by atoms with E-state index in [4.69, 9.17) is 16.3 Å². The predicted octanol–water partition coefficient (Wildman–Crippen LogP) is 4.65. The maximum Gasteiger partial charge on any atom is 0.128 e. The second-order valence-corrected chi connectivity index (χ2v) is 6.28. The summed E-state index contributed by atoms with van der Waals surface area (Å²) in [5, 5.41) is 11.2. The minimum atomic E-state index is -0.751. The molecule has 2 aromatic carbocycles. The normalized spacial score (nSPS) is 12.3. The highest BCUT2D eigenvalue weighted by atomic mass is 127. The quantitative estimate of drug-likeness (QED) is 0.757. The monoisotopic (exact) mass is 402 g/mol. The molecular weight excluding hydrogens is 387 g/mol. The van der Waals surface area contributed by atoms with Gasteiger partial charge in [-0.3, -0.25) is 0 Å². The summed E-state index contributed by atoms with van der Waals surface area (Å²) < 4.78 is 6.42. The zero-order valence-corrected chi connectivity index (χ0v) is 14.5. The van der Waals surface area contributed by atoms with Gasteiger partial charge in [0.2, 0.25) is 0 Å². The lowest BCUT2D eigenvalue weighted by molar-refractivity contribution is 0.214. The Morgan fingerprint density at radius 1 is 1.20 bits per heavy atom. The molecule has 20 heavy (non-hydrogen) atoms. The smallest absolute Gasteiger partial charge is 0.128 e. The van der Waals surface area contributed by atoms with E-state index in [0.29, 0.717) is 5.02 Å². The molecular formula is C16H16ClIO2. The van der Waals surface area contributed by atoms with Gasteiger partial charge in [0.15, 0.2) is 0 Å². The van der Waals surface area contributed by atoms with Crippen molar-refractivity contribution in [3.8, 4) is 5.75 Å². The van der Waals surface area contributed by atoms with Crippen molar-refractivity contribution in [2.75, 3.05) is 7.11 Å². The van der Waals surface area contributed by atoms with Crippen LogP contribution >= 0.6 is 34.2 Å². The van der Waals surface area contributed by atoms with Crippen LogP contribution in [-0.4, -0.2) is 12.2 Å². The van der Waals surface area contributed by atoms with E-state index in [9.17, 15) is 5.11 Å². The molecule has 0 fully saturated rings. The summed E-state index contributed by atoms with van der Waals surface area (Å²) in [6.07, 6.45) is -0.751. The summed E-state index contributed by atoms with van der Waals surface area (Å²) in [4.78, 5) is 0. The van der Waals surface area contributed by atoms with E-state index in [1.165, 1.54) is 0 Å². The first-order valence-electron chi connectivity index (χ1n) is 6.22. The molecule has 0 radical (unpaired) electrons. The van der Waals surface area contributed by atoms with Gasteiger partial charge in [-0.2, -0.15) is 0 Å². The standard InChI is InChI=1S/C16H16ClIO2/c1-9-4-6-12(16(20-3)10(9)2)15(19)11-5-7-14(18)13(17)8-11/h4-8,15,19H,1-3H3. The van der Waals surface area contributed by atoms with Gasteiger partial charge in [0, 0.05) is 9.13 Å². The van der Waals surface area contributed by atoms with Crippen LogP contribution in [-0.2, 0) is 0 Å². The Kier molecular flexibility index (Phi) is 4.94. The largest absolute Gasteiger partial charge is 0.496 e. The summed E-state index contributed by atoms with van der Waals surface area (Å²) >= 11 is 8.29. The van der Waals surface area contributed by atoms with Crippen LogP contribution in [0.4, 0.5) is 0 Å². The van der Waals surface area contributed by atoms with E-state index in [0.717, 1.165) is 31.6 Å². The molecule has 0 amide bonds. The molecule has 1 unspecified atom stereocenters. The van der Waals surface area contributed by atoms with Gasteiger partial charge in [-0.1, -0.05) is 29.8 Å². The van der Waals surface area contributed by atoms with Gasteiger partial charge in [0.25, 0.3) is 0 Å². The van der Waals surface area contributed by atoms with Gasteiger partial charge in [0.05, 0.1) is 12.1 Å². The fourth-order valence-electron chi connectivity index (χ4n) is 2.16. The van der Waals surface area contributed by atoms with E-state index < -0.39 is 6.10 Å². The van der Waals surface area contributed by atoms with E-state index >= 15 is 0 Å². The highest BCUT2D eigenvalue weighted by Gasteiger charge is 2.18. The number of aryl methyl sites for hydroxylation is 1. The SMILES string of the molecule is COc1c(C(O)c2ccc(I)c(Cl)c2)ccc(C)c1C. The molecule has 0 saturated carbocycles. The van der Waals surface area contributed by atoms with Crippen molar-refractivity contribution in [2.24, 2.45) is 0 Å². The third kappa shape index (κ3) is 2.95. The number of methoxy groups -OCH3 is 1. The van der Waals surface area contributed by atoms with Gasteiger partial charge < -0.3 is 9.84 Å². The van der Waals surface area contributed by atoms with Crippen LogP contribution in [0.5, 0.6) is 5.75 Å². The molecule has 4 heteroatoms. The molecule has 0 aliphatic carbocycles. The van der Waals surface area contributed by atoms with Crippen LogP contribution in [0.3, 0.4) is 0 Å². The van der Waals surface area contributed by atoms with Crippen molar-refractivity contribution in [1.82, 2.24) is 0 Å². The van der Waals surface area contributed by atoms with E-state index in [-0.39, 0.29) is 0 Å². The predicted molar refractivity (Wildman–Crippen MR) is 90.7 cm³/mol. The molecule has 0 saturated heterocycles. The van der Waals surface area contributed by atoms with Crippen LogP contribution in [0, 0.1) is 17.4 Å². The van der Waals surface area contributed by atoms with Crippen molar-refractivity contribution in [3.63, 3.8) is 0 Å². The molecule has 1 atom stereocenters. The molecule has 0 heterocycles. The van der Waals surface area contributed by atoms with Crippen molar-refractivity contribution < 1.29 is 9.84 Å². The molecule has 0 aromatic heterocycles. The summed E-state index contributed by atoms with van der Waals surface area (Å²) in [7, 11) is 1.62. The maximum absolute atomic E-state index is 10.6. The molecule has 2 rings (SSSR count). The van der Waals surface area contributed by atoms with Gasteiger partial charge in [-0.05, 0) is 65.3 Å². The third-order valence-corrected chi connectivity index (χ3v) is 5.04. The fraction of sp³-hybridized carbons (Fsp3) is 0.250. The first-order valence-corrected chi connectivity index (χ1v) is 7.68. The third-order valence-electron chi connectivity index (χ3n) is 3.47. The van der Waals surface area contributed by atoms with Crippen molar-refractivity contribution in [1.29, 1.82) is 0 Å². The van der Waals surface area contributed by atoms with Crippen molar-refractivity contribution >= 4 is 34.2 Å². The molecule has 2 aromatic rings. The first kappa shape index (κ1) is 15.6. The summed E-state index contributed by atoms with van der Waals surface area (Å²) in [5.74, 6) is 0.729. The average Bonchev–Trinajstić information content (AvgIpc) is 2.44. The second-order valence-electron chi connectivity index (χ2n) is 4.71. The first-order chi connectivity index (χ1) is 9.45. The Morgan fingerprint density at radius 2 is 1.90 bits per heavy atom. The van der Waals surface area contributed by atoms with Crippen molar-refractivity contribution in [2.45, 2.75) is 20.0 Å². The second kappa shape index (κ2) is 6.33. The van der Waals surface area contributed by atoms with E-state index in [1.54, 1.807) is 13.2 Å². The number of benzene rings is 2. The van der Waals surface area contributed by atoms with Gasteiger partial charge in [0.1, 0.15) is 11.9 Å². The maximum atomic E-state index is 10.6. The van der Waals surface area contributed by atoms with Crippen LogP contribution in [0.2, 0.25) is 5.02 Å². The Labute approximate surface area is 137 Å². The average molecular weight is 403 g/mol. The topological polar surface area (TPSA) is 29.5 Å². The molecule has 0 bridgehead atoms. The van der Waals surface area contributed by atoms with Crippen LogP contribution in [0.25, 0.3) is 0 Å². The zero-order valence-electron chi connectivity index (χ0n) is 11.6. The summed E-state index contributed by atoms with van der Waals surface area (Å²) in [5.41, 5.74) is 3.70. The fourth-order valence-corrected chi connectivity index (χ4v) is 2.68. The number of aliphatic hydroxyl groups is 1. The summed E-state index contributed by atoms with van der Waals surface area (Å²) in [6, 6.07) is 9.47. The number of hydrogen-bond acceptors (Lipinski definition) is 2. The molecule has 1 N–H and O–H groups in total. The van der Waals surface area contributed by atoms with Crippen LogP contribution in [0.1, 0.15) is 28.4 Å². The van der Waals surface area contributed by atoms with Gasteiger partial charge in [-0.25, -0.2) is 0 Å². The number of halogens is 2. The number of ether oxygens (including phenoxy) is 1. The van der Waals surface area contributed by atoms with Crippen molar-refractivity contribution in [3.05, 3.63) is 61.2 Å². The number of rotatable bonds is 3. The minimum absolute atomic E-state index is 0.643. The van der Waals surface area contributed by atoms with Gasteiger partial charge >= 0.3 is 0 Å². The lowest BCUT2D eigenvalue weighted by Crippen LogP contribution is -2.04. The Bertz CT molecular complexity index is 641. The molecule has 0 spiro atoms. The lowest BCUT2D eigenvalue weighted by Gasteiger charge is -2.18. The Morgan fingerprint density at radius 3 is 2.50 bits per heavy atom. The molecule has 0 aliphatic heterocycles. The van der Waals surface area contributed by atoms with Crippen LogP contribution < -0.4 is 4.74 Å². The summed E-state index contributed by atoms with van der Waals surface area (Å²) in [6.45, 7) is 4.01.